The van der Waals surface area contributed by atoms with Gasteiger partial charge in [-0.2, -0.15) is 0 Å². The highest BCUT2D eigenvalue weighted by Gasteiger charge is 2.32. The van der Waals surface area contributed by atoms with Crippen LogP contribution >= 0.6 is 0 Å². The van der Waals surface area contributed by atoms with Gasteiger partial charge in [-0.05, 0) is 37.0 Å². The molecule has 17 heavy (non-hydrogen) atoms. The predicted molar refractivity (Wildman–Crippen MR) is 66.2 cm³/mol. The van der Waals surface area contributed by atoms with Crippen LogP contribution in [0.2, 0.25) is 0 Å². The number of aryl methyl sites for hydroxylation is 1. The van der Waals surface area contributed by atoms with Gasteiger partial charge in [-0.15, -0.1) is 0 Å². The van der Waals surface area contributed by atoms with Crippen LogP contribution in [0.15, 0.2) is 18.2 Å². The summed E-state index contributed by atoms with van der Waals surface area (Å²) >= 11 is 0. The van der Waals surface area contributed by atoms with E-state index in [1.165, 1.54) is 6.07 Å². The fourth-order valence-electron chi connectivity index (χ4n) is 2.62. The summed E-state index contributed by atoms with van der Waals surface area (Å²) in [6, 6.07) is 5.09. The third-order valence-corrected chi connectivity index (χ3v) is 3.69. The molecule has 1 saturated heterocycles. The van der Waals surface area contributed by atoms with E-state index in [-0.39, 0.29) is 18.0 Å². The van der Waals surface area contributed by atoms with Gasteiger partial charge in [-0.3, -0.25) is 0 Å². The van der Waals surface area contributed by atoms with Crippen molar-refractivity contribution >= 4 is 0 Å². The van der Waals surface area contributed by atoms with Crippen LogP contribution in [0, 0.1) is 18.7 Å². The van der Waals surface area contributed by atoms with Gasteiger partial charge in [-0.1, -0.05) is 19.1 Å². The van der Waals surface area contributed by atoms with Gasteiger partial charge in [0.2, 0.25) is 0 Å². The van der Waals surface area contributed by atoms with Crippen molar-refractivity contribution in [3.63, 3.8) is 0 Å². The maximum absolute atomic E-state index is 13.2. The first-order valence-electron chi connectivity index (χ1n) is 6.26. The monoisotopic (exact) mass is 237 g/mol. The summed E-state index contributed by atoms with van der Waals surface area (Å²) in [5.41, 5.74) is 7.95. The molecule has 3 unspecified atom stereocenters. The Bertz CT molecular complexity index is 394. The largest absolute Gasteiger partial charge is 0.378 e. The van der Waals surface area contributed by atoms with Crippen molar-refractivity contribution in [3.05, 3.63) is 35.1 Å². The molecule has 0 saturated carbocycles. The molecule has 1 heterocycles. The lowest BCUT2D eigenvalue weighted by molar-refractivity contribution is 0.0813. The molecule has 0 aliphatic carbocycles. The molecule has 3 heteroatoms. The minimum Gasteiger partial charge on any atom is -0.378 e. The van der Waals surface area contributed by atoms with Crippen molar-refractivity contribution in [3.8, 4) is 0 Å². The lowest BCUT2D eigenvalue weighted by Crippen LogP contribution is -2.28. The van der Waals surface area contributed by atoms with Crippen molar-refractivity contribution in [1.82, 2.24) is 0 Å². The molecule has 3 atom stereocenters. The Hall–Kier alpha value is -0.930. The normalized spacial score (nSPS) is 26.1. The van der Waals surface area contributed by atoms with Crippen molar-refractivity contribution in [2.24, 2.45) is 11.7 Å². The van der Waals surface area contributed by atoms with Crippen LogP contribution in [0.3, 0.4) is 0 Å². The third kappa shape index (κ3) is 2.50. The Labute approximate surface area is 102 Å². The Morgan fingerprint density at radius 2 is 2.29 bits per heavy atom. The molecule has 2 N–H and O–H groups in total. The molecular weight excluding hydrogens is 217 g/mol. The van der Waals surface area contributed by atoms with E-state index in [1.54, 1.807) is 13.0 Å². The Balaban J connectivity index is 2.18. The lowest BCUT2D eigenvalue weighted by atomic mass is 9.87. The zero-order valence-electron chi connectivity index (χ0n) is 10.4. The smallest absolute Gasteiger partial charge is 0.126 e. The van der Waals surface area contributed by atoms with Crippen LogP contribution in [0.25, 0.3) is 0 Å². The molecule has 1 aliphatic rings. The molecule has 2 rings (SSSR count). The van der Waals surface area contributed by atoms with Crippen LogP contribution in [0.5, 0.6) is 0 Å². The number of ether oxygens (including phenoxy) is 1. The second kappa shape index (κ2) is 5.15. The molecule has 0 radical (unpaired) electrons. The average Bonchev–Trinajstić information content (AvgIpc) is 2.80. The summed E-state index contributed by atoms with van der Waals surface area (Å²) in [4.78, 5) is 0. The van der Waals surface area contributed by atoms with Gasteiger partial charge < -0.3 is 10.5 Å². The predicted octanol–water partition coefficient (Wildman–Crippen LogP) is 2.95. The molecule has 94 valence electrons. The molecule has 0 amide bonds. The molecule has 0 bridgehead atoms. The Kier molecular flexibility index (Phi) is 3.79. The zero-order chi connectivity index (χ0) is 12.4. The van der Waals surface area contributed by atoms with Crippen LogP contribution in [0.4, 0.5) is 4.39 Å². The van der Waals surface area contributed by atoms with Crippen molar-refractivity contribution in [2.75, 3.05) is 6.61 Å². The molecular formula is C14H20FNO. The SMILES string of the molecule is CCC1OCCC1C(N)c1ccc(F)c(C)c1. The number of benzene rings is 1. The van der Waals surface area contributed by atoms with Gasteiger partial charge in [-0.25, -0.2) is 4.39 Å². The van der Waals surface area contributed by atoms with E-state index < -0.39 is 0 Å². The van der Waals surface area contributed by atoms with Gasteiger partial charge in [0.25, 0.3) is 0 Å². The minimum absolute atomic E-state index is 0.0539. The van der Waals surface area contributed by atoms with Gasteiger partial charge in [0, 0.05) is 18.6 Å². The molecule has 1 aromatic carbocycles. The molecule has 0 aromatic heterocycles. The number of hydrogen-bond acceptors (Lipinski definition) is 2. The summed E-state index contributed by atoms with van der Waals surface area (Å²) in [7, 11) is 0. The van der Waals surface area contributed by atoms with Gasteiger partial charge in [0.1, 0.15) is 5.82 Å². The average molecular weight is 237 g/mol. The minimum atomic E-state index is -0.171. The first kappa shape index (κ1) is 12.5. The lowest BCUT2D eigenvalue weighted by Gasteiger charge is -2.24. The topological polar surface area (TPSA) is 35.2 Å². The van der Waals surface area contributed by atoms with E-state index in [4.69, 9.17) is 10.5 Å². The van der Waals surface area contributed by atoms with Crippen molar-refractivity contribution < 1.29 is 9.13 Å². The summed E-state index contributed by atoms with van der Waals surface area (Å²) in [6.45, 7) is 4.68. The Morgan fingerprint density at radius 1 is 1.53 bits per heavy atom. The molecule has 0 spiro atoms. The maximum atomic E-state index is 13.2. The van der Waals surface area contributed by atoms with Crippen LogP contribution < -0.4 is 5.73 Å². The second-order valence-electron chi connectivity index (χ2n) is 4.80. The van der Waals surface area contributed by atoms with Gasteiger partial charge in [0.15, 0.2) is 0 Å². The van der Waals surface area contributed by atoms with Crippen molar-refractivity contribution in [2.45, 2.75) is 38.8 Å². The first-order valence-corrected chi connectivity index (χ1v) is 6.26. The number of halogens is 1. The van der Waals surface area contributed by atoms with E-state index in [0.717, 1.165) is 25.0 Å². The summed E-state index contributed by atoms with van der Waals surface area (Å²) in [6.07, 6.45) is 2.23. The van der Waals surface area contributed by atoms with E-state index in [2.05, 4.69) is 6.92 Å². The Morgan fingerprint density at radius 3 is 2.94 bits per heavy atom. The van der Waals surface area contributed by atoms with E-state index in [0.29, 0.717) is 11.5 Å². The van der Waals surface area contributed by atoms with E-state index in [1.807, 2.05) is 6.07 Å². The third-order valence-electron chi connectivity index (χ3n) is 3.69. The number of rotatable bonds is 3. The number of hydrogen-bond donors (Lipinski definition) is 1. The summed E-state index contributed by atoms with van der Waals surface area (Å²) < 4.78 is 18.9. The molecule has 1 aliphatic heterocycles. The molecule has 1 aromatic rings. The highest BCUT2D eigenvalue weighted by Crippen LogP contribution is 2.33. The fraction of sp³-hybridized carbons (Fsp3) is 0.571. The first-order chi connectivity index (χ1) is 8.13. The van der Waals surface area contributed by atoms with Crippen molar-refractivity contribution in [1.29, 1.82) is 0 Å². The van der Waals surface area contributed by atoms with Gasteiger partial charge >= 0.3 is 0 Å². The summed E-state index contributed by atoms with van der Waals surface area (Å²) in [5.74, 6) is 0.181. The zero-order valence-corrected chi connectivity index (χ0v) is 10.4. The highest BCUT2D eigenvalue weighted by molar-refractivity contribution is 5.27. The van der Waals surface area contributed by atoms with Gasteiger partial charge in [0.05, 0.1) is 6.10 Å². The highest BCUT2D eigenvalue weighted by atomic mass is 19.1. The quantitative estimate of drug-likeness (QED) is 0.877. The second-order valence-corrected chi connectivity index (χ2v) is 4.80. The standard InChI is InChI=1S/C14H20FNO/c1-3-13-11(6-7-17-13)14(16)10-4-5-12(15)9(2)8-10/h4-5,8,11,13-14H,3,6-7,16H2,1-2H3. The fourth-order valence-corrected chi connectivity index (χ4v) is 2.62. The van der Waals surface area contributed by atoms with Crippen LogP contribution in [-0.4, -0.2) is 12.7 Å². The van der Waals surface area contributed by atoms with Crippen LogP contribution in [-0.2, 0) is 4.74 Å². The molecule has 1 fully saturated rings. The van der Waals surface area contributed by atoms with E-state index in [9.17, 15) is 4.39 Å². The number of nitrogens with two attached hydrogens (primary N) is 1. The summed E-state index contributed by atoms with van der Waals surface area (Å²) in [5, 5.41) is 0. The van der Waals surface area contributed by atoms with Crippen LogP contribution in [0.1, 0.15) is 36.9 Å². The maximum Gasteiger partial charge on any atom is 0.126 e. The molecule has 2 nitrogen and oxygen atoms in total. The van der Waals surface area contributed by atoms with E-state index >= 15 is 0 Å².